The number of rotatable bonds is 6. The standard InChI is InChI=1S/C13H16ClN3OS/c1-13(9-18,15-7-12-8-16-17-19-12)6-10-2-4-11(14)5-3-10/h2-5,8,15,18H,6-7,9H2,1H3. The van der Waals surface area contributed by atoms with Crippen molar-refractivity contribution in [3.05, 3.63) is 45.9 Å². The summed E-state index contributed by atoms with van der Waals surface area (Å²) >= 11 is 7.23. The summed E-state index contributed by atoms with van der Waals surface area (Å²) in [5.74, 6) is 0. The summed E-state index contributed by atoms with van der Waals surface area (Å²) < 4.78 is 3.82. The number of halogens is 1. The topological polar surface area (TPSA) is 58.0 Å². The number of aliphatic hydroxyl groups excluding tert-OH is 1. The molecule has 0 spiro atoms. The molecule has 1 unspecified atom stereocenters. The van der Waals surface area contributed by atoms with Crippen molar-refractivity contribution in [1.29, 1.82) is 0 Å². The fourth-order valence-corrected chi connectivity index (χ4v) is 2.35. The molecule has 0 amide bonds. The molecular weight excluding hydrogens is 282 g/mol. The summed E-state index contributed by atoms with van der Waals surface area (Å²) in [4.78, 5) is 1.05. The molecule has 0 bridgehead atoms. The zero-order valence-electron chi connectivity index (χ0n) is 10.6. The Morgan fingerprint density at radius 1 is 1.37 bits per heavy atom. The molecule has 0 fully saturated rings. The quantitative estimate of drug-likeness (QED) is 0.859. The van der Waals surface area contributed by atoms with Crippen molar-refractivity contribution in [3.63, 3.8) is 0 Å². The van der Waals surface area contributed by atoms with Crippen LogP contribution < -0.4 is 5.32 Å². The lowest BCUT2D eigenvalue weighted by Crippen LogP contribution is -2.47. The highest BCUT2D eigenvalue weighted by Crippen LogP contribution is 2.17. The maximum Gasteiger partial charge on any atom is 0.0666 e. The van der Waals surface area contributed by atoms with Gasteiger partial charge in [0.25, 0.3) is 0 Å². The molecule has 1 atom stereocenters. The molecule has 102 valence electrons. The Bertz CT molecular complexity index is 503. The van der Waals surface area contributed by atoms with Gasteiger partial charge < -0.3 is 10.4 Å². The van der Waals surface area contributed by atoms with Crippen LogP contribution in [0.25, 0.3) is 0 Å². The summed E-state index contributed by atoms with van der Waals surface area (Å²) in [7, 11) is 0. The maximum absolute atomic E-state index is 9.61. The SMILES string of the molecule is CC(CO)(Cc1ccc(Cl)cc1)NCc1cnns1. The lowest BCUT2D eigenvalue weighted by atomic mass is 9.93. The van der Waals surface area contributed by atoms with Crippen LogP contribution in [0.5, 0.6) is 0 Å². The number of aromatic nitrogens is 2. The van der Waals surface area contributed by atoms with Crippen molar-refractivity contribution in [2.24, 2.45) is 0 Å². The lowest BCUT2D eigenvalue weighted by Gasteiger charge is -2.28. The molecule has 6 heteroatoms. The van der Waals surface area contributed by atoms with E-state index in [4.69, 9.17) is 11.6 Å². The smallest absolute Gasteiger partial charge is 0.0666 e. The molecule has 0 saturated carbocycles. The largest absolute Gasteiger partial charge is 0.394 e. The minimum Gasteiger partial charge on any atom is -0.394 e. The van der Waals surface area contributed by atoms with Gasteiger partial charge in [-0.05, 0) is 42.6 Å². The van der Waals surface area contributed by atoms with E-state index in [1.807, 2.05) is 31.2 Å². The van der Waals surface area contributed by atoms with Crippen LogP contribution in [0.4, 0.5) is 0 Å². The van der Waals surface area contributed by atoms with Crippen molar-refractivity contribution in [1.82, 2.24) is 14.9 Å². The van der Waals surface area contributed by atoms with Crippen LogP contribution in [-0.2, 0) is 13.0 Å². The van der Waals surface area contributed by atoms with Crippen molar-refractivity contribution in [3.8, 4) is 0 Å². The normalized spacial score (nSPS) is 14.3. The Morgan fingerprint density at radius 2 is 2.11 bits per heavy atom. The Kier molecular flexibility index (Phi) is 4.87. The summed E-state index contributed by atoms with van der Waals surface area (Å²) in [6.45, 7) is 2.71. The van der Waals surface area contributed by atoms with Crippen molar-refractivity contribution >= 4 is 23.1 Å². The predicted molar refractivity (Wildman–Crippen MR) is 77.4 cm³/mol. The Labute approximate surface area is 121 Å². The molecule has 0 aliphatic heterocycles. The fourth-order valence-electron chi connectivity index (χ4n) is 1.79. The van der Waals surface area contributed by atoms with Crippen LogP contribution >= 0.6 is 23.1 Å². The van der Waals surface area contributed by atoms with E-state index in [2.05, 4.69) is 14.9 Å². The summed E-state index contributed by atoms with van der Waals surface area (Å²) in [6, 6.07) is 7.68. The van der Waals surface area contributed by atoms with Crippen LogP contribution in [0.1, 0.15) is 17.4 Å². The number of nitrogens with zero attached hydrogens (tertiary/aromatic N) is 2. The first-order valence-corrected chi connectivity index (χ1v) is 7.13. The van der Waals surface area contributed by atoms with Gasteiger partial charge >= 0.3 is 0 Å². The van der Waals surface area contributed by atoms with Gasteiger partial charge in [-0.1, -0.05) is 28.2 Å². The van der Waals surface area contributed by atoms with E-state index < -0.39 is 0 Å². The molecule has 0 radical (unpaired) electrons. The first-order chi connectivity index (χ1) is 9.11. The van der Waals surface area contributed by atoms with Crippen molar-refractivity contribution in [2.45, 2.75) is 25.4 Å². The van der Waals surface area contributed by atoms with E-state index in [1.165, 1.54) is 11.5 Å². The zero-order valence-corrected chi connectivity index (χ0v) is 12.2. The van der Waals surface area contributed by atoms with Gasteiger partial charge in [-0.15, -0.1) is 5.10 Å². The van der Waals surface area contributed by atoms with Crippen LogP contribution in [-0.4, -0.2) is 26.8 Å². The first-order valence-electron chi connectivity index (χ1n) is 5.98. The van der Waals surface area contributed by atoms with Gasteiger partial charge in [0.15, 0.2) is 0 Å². The van der Waals surface area contributed by atoms with Crippen LogP contribution in [0, 0.1) is 0 Å². The highest BCUT2D eigenvalue weighted by atomic mass is 35.5. The third-order valence-corrected chi connectivity index (χ3v) is 3.87. The van der Waals surface area contributed by atoms with E-state index in [0.29, 0.717) is 6.54 Å². The molecule has 2 N–H and O–H groups in total. The summed E-state index contributed by atoms with van der Waals surface area (Å²) in [5.41, 5.74) is 0.758. The van der Waals surface area contributed by atoms with E-state index in [-0.39, 0.29) is 12.1 Å². The number of benzene rings is 1. The molecule has 19 heavy (non-hydrogen) atoms. The Balaban J connectivity index is 1.98. The molecule has 0 aliphatic rings. The molecule has 1 heterocycles. The van der Waals surface area contributed by atoms with Gasteiger partial charge in [0.1, 0.15) is 0 Å². The van der Waals surface area contributed by atoms with Gasteiger partial charge in [0.2, 0.25) is 0 Å². The average molecular weight is 298 g/mol. The molecular formula is C13H16ClN3OS. The van der Waals surface area contributed by atoms with E-state index >= 15 is 0 Å². The molecule has 1 aromatic heterocycles. The van der Waals surface area contributed by atoms with Crippen LogP contribution in [0.2, 0.25) is 5.02 Å². The van der Waals surface area contributed by atoms with Gasteiger partial charge in [0, 0.05) is 17.1 Å². The number of hydrogen-bond acceptors (Lipinski definition) is 5. The van der Waals surface area contributed by atoms with Crippen molar-refractivity contribution < 1.29 is 5.11 Å². The highest BCUT2D eigenvalue weighted by molar-refractivity contribution is 7.05. The molecule has 0 saturated heterocycles. The summed E-state index contributed by atoms with van der Waals surface area (Å²) in [5, 5.41) is 17.5. The van der Waals surface area contributed by atoms with E-state index in [9.17, 15) is 5.11 Å². The third kappa shape index (κ3) is 4.24. The van der Waals surface area contributed by atoms with Gasteiger partial charge in [0.05, 0.1) is 17.7 Å². The number of nitrogens with one attached hydrogen (secondary N) is 1. The summed E-state index contributed by atoms with van der Waals surface area (Å²) in [6.07, 6.45) is 2.46. The van der Waals surface area contributed by atoms with E-state index in [0.717, 1.165) is 21.9 Å². The third-order valence-electron chi connectivity index (χ3n) is 2.95. The van der Waals surface area contributed by atoms with Crippen molar-refractivity contribution in [2.75, 3.05) is 6.61 Å². The number of hydrogen-bond donors (Lipinski definition) is 2. The Hall–Kier alpha value is -1.01. The fraction of sp³-hybridized carbons (Fsp3) is 0.385. The van der Waals surface area contributed by atoms with Gasteiger partial charge in [-0.3, -0.25) is 0 Å². The Morgan fingerprint density at radius 3 is 2.68 bits per heavy atom. The second-order valence-corrected chi connectivity index (χ2v) is 6.07. The number of aliphatic hydroxyl groups is 1. The molecule has 4 nitrogen and oxygen atoms in total. The molecule has 2 aromatic rings. The minimum atomic E-state index is -0.377. The van der Waals surface area contributed by atoms with Crippen LogP contribution in [0.3, 0.4) is 0 Å². The molecule has 1 aromatic carbocycles. The maximum atomic E-state index is 9.61. The monoisotopic (exact) mass is 297 g/mol. The van der Waals surface area contributed by atoms with Gasteiger partial charge in [-0.2, -0.15) is 0 Å². The first kappa shape index (κ1) is 14.4. The minimum absolute atomic E-state index is 0.0574. The second kappa shape index (κ2) is 6.43. The molecule has 2 rings (SSSR count). The lowest BCUT2D eigenvalue weighted by molar-refractivity contribution is 0.172. The second-order valence-electron chi connectivity index (χ2n) is 4.76. The predicted octanol–water partition coefficient (Wildman–Crippen LogP) is 2.27. The van der Waals surface area contributed by atoms with E-state index in [1.54, 1.807) is 6.20 Å². The average Bonchev–Trinajstić information content (AvgIpc) is 2.93. The van der Waals surface area contributed by atoms with Crippen LogP contribution in [0.15, 0.2) is 30.5 Å². The zero-order chi connectivity index (χ0) is 13.7. The highest BCUT2D eigenvalue weighted by Gasteiger charge is 2.23. The van der Waals surface area contributed by atoms with Gasteiger partial charge in [-0.25, -0.2) is 0 Å². The molecule has 0 aliphatic carbocycles.